The first kappa shape index (κ1) is 11.6. The van der Waals surface area contributed by atoms with Crippen molar-refractivity contribution in [3.8, 4) is 5.75 Å². The number of rotatable bonds is 5. The molecule has 14 heavy (non-hydrogen) atoms. The van der Waals surface area contributed by atoms with E-state index in [1.807, 2.05) is 12.1 Å². The van der Waals surface area contributed by atoms with E-state index in [0.29, 0.717) is 5.75 Å². The van der Waals surface area contributed by atoms with Crippen LogP contribution in [0.3, 0.4) is 0 Å². The molecule has 0 radical (unpaired) electrons. The maximum Gasteiger partial charge on any atom is 0.125 e. The van der Waals surface area contributed by atoms with Crippen molar-refractivity contribution in [3.05, 3.63) is 29.8 Å². The maximum atomic E-state index is 8.61. The largest absolute Gasteiger partial charge is 0.491 e. The predicted octanol–water partition coefficient (Wildman–Crippen LogP) is 2.04. The number of benzene rings is 1. The Hall–Kier alpha value is -0.480. The summed E-state index contributed by atoms with van der Waals surface area (Å²) in [4.78, 5) is 2.39. The highest BCUT2D eigenvalue weighted by atomic mass is 35.5. The lowest BCUT2D eigenvalue weighted by Gasteiger charge is -2.13. The molecule has 1 atom stereocenters. The molecule has 0 aliphatic rings. The van der Waals surface area contributed by atoms with Gasteiger partial charge in [0, 0.05) is 5.56 Å². The quantitative estimate of drug-likeness (QED) is 0.467. The first-order chi connectivity index (χ1) is 6.79. The molecule has 0 aromatic heterocycles. The highest BCUT2D eigenvalue weighted by Crippen LogP contribution is 2.27. The van der Waals surface area contributed by atoms with Gasteiger partial charge in [-0.2, -0.15) is 0 Å². The van der Waals surface area contributed by atoms with E-state index in [9.17, 15) is 0 Å². The van der Waals surface area contributed by atoms with Gasteiger partial charge in [-0.1, -0.05) is 29.8 Å². The standard InChI is InChI=1S/C9H11Cl2NO2/c10-9(12-11)7-3-1-2-4-8(7)14-6-5-13/h1-4,9,12-13H,5-6H2. The number of hydrogen-bond donors (Lipinski definition) is 2. The van der Waals surface area contributed by atoms with E-state index in [0.717, 1.165) is 5.56 Å². The summed E-state index contributed by atoms with van der Waals surface area (Å²) in [6, 6.07) is 7.24. The van der Waals surface area contributed by atoms with E-state index < -0.39 is 5.50 Å². The van der Waals surface area contributed by atoms with E-state index in [4.69, 9.17) is 33.2 Å². The smallest absolute Gasteiger partial charge is 0.125 e. The lowest BCUT2D eigenvalue weighted by atomic mass is 10.2. The van der Waals surface area contributed by atoms with Crippen molar-refractivity contribution >= 4 is 23.4 Å². The van der Waals surface area contributed by atoms with Crippen molar-refractivity contribution in [1.82, 2.24) is 4.84 Å². The van der Waals surface area contributed by atoms with Gasteiger partial charge >= 0.3 is 0 Å². The Morgan fingerprint density at radius 2 is 2.14 bits per heavy atom. The van der Waals surface area contributed by atoms with E-state index in [-0.39, 0.29) is 13.2 Å². The molecule has 0 bridgehead atoms. The van der Waals surface area contributed by atoms with Crippen LogP contribution in [0, 0.1) is 0 Å². The SMILES string of the molecule is OCCOc1ccccc1C(Cl)NCl. The lowest BCUT2D eigenvalue weighted by molar-refractivity contribution is 0.200. The Bertz CT molecular complexity index is 283. The van der Waals surface area contributed by atoms with Crippen LogP contribution in [-0.4, -0.2) is 18.3 Å². The molecule has 1 rings (SSSR count). The molecule has 0 aliphatic carbocycles. The molecule has 0 amide bonds. The molecule has 0 aliphatic heterocycles. The zero-order chi connectivity index (χ0) is 10.4. The molecule has 2 N–H and O–H groups in total. The molecular formula is C9H11Cl2NO2. The second-order valence-electron chi connectivity index (χ2n) is 2.58. The van der Waals surface area contributed by atoms with Crippen LogP contribution in [0.4, 0.5) is 0 Å². The molecule has 1 unspecified atom stereocenters. The molecule has 0 saturated heterocycles. The summed E-state index contributed by atoms with van der Waals surface area (Å²) >= 11 is 11.3. The van der Waals surface area contributed by atoms with Crippen molar-refractivity contribution in [2.24, 2.45) is 0 Å². The number of alkyl halides is 1. The zero-order valence-electron chi connectivity index (χ0n) is 7.41. The third kappa shape index (κ3) is 3.03. The second-order valence-corrected chi connectivity index (χ2v) is 3.24. The van der Waals surface area contributed by atoms with E-state index in [2.05, 4.69) is 4.84 Å². The van der Waals surface area contributed by atoms with Gasteiger partial charge in [0.2, 0.25) is 0 Å². The van der Waals surface area contributed by atoms with Crippen LogP contribution in [0.5, 0.6) is 5.75 Å². The minimum absolute atomic E-state index is 0.0322. The number of hydrogen-bond acceptors (Lipinski definition) is 3. The molecule has 0 spiro atoms. The van der Waals surface area contributed by atoms with Gasteiger partial charge in [0.25, 0.3) is 0 Å². The maximum absolute atomic E-state index is 8.61. The van der Waals surface area contributed by atoms with Crippen LogP contribution in [0.15, 0.2) is 24.3 Å². The molecule has 0 fully saturated rings. The molecular weight excluding hydrogens is 225 g/mol. The van der Waals surface area contributed by atoms with Gasteiger partial charge in [-0.05, 0) is 17.8 Å². The third-order valence-corrected chi connectivity index (χ3v) is 2.31. The molecule has 0 saturated carbocycles. The minimum Gasteiger partial charge on any atom is -0.491 e. The first-order valence-corrected chi connectivity index (χ1v) is 4.94. The van der Waals surface area contributed by atoms with Crippen LogP contribution in [0.25, 0.3) is 0 Å². The van der Waals surface area contributed by atoms with Gasteiger partial charge in [-0.25, -0.2) is 4.84 Å². The molecule has 3 nitrogen and oxygen atoms in total. The first-order valence-electron chi connectivity index (χ1n) is 4.12. The average Bonchev–Trinajstić information content (AvgIpc) is 2.25. The molecule has 5 heteroatoms. The van der Waals surface area contributed by atoms with Gasteiger partial charge < -0.3 is 9.84 Å². The number of para-hydroxylation sites is 1. The van der Waals surface area contributed by atoms with Crippen molar-refractivity contribution in [2.45, 2.75) is 5.50 Å². The van der Waals surface area contributed by atoms with Gasteiger partial charge in [0.15, 0.2) is 0 Å². The number of halogens is 2. The number of ether oxygens (including phenoxy) is 1. The van der Waals surface area contributed by atoms with Gasteiger partial charge in [0.05, 0.1) is 6.61 Å². The van der Waals surface area contributed by atoms with Crippen LogP contribution >= 0.6 is 23.4 Å². The Morgan fingerprint density at radius 1 is 1.43 bits per heavy atom. The van der Waals surface area contributed by atoms with E-state index in [1.165, 1.54) is 0 Å². The summed E-state index contributed by atoms with van der Waals surface area (Å²) in [5.74, 6) is 0.620. The fourth-order valence-corrected chi connectivity index (χ4v) is 1.33. The monoisotopic (exact) mass is 235 g/mol. The van der Waals surface area contributed by atoms with Gasteiger partial charge in [-0.15, -0.1) is 0 Å². The van der Waals surface area contributed by atoms with Crippen molar-refractivity contribution < 1.29 is 9.84 Å². The van der Waals surface area contributed by atoms with Crippen molar-refractivity contribution in [3.63, 3.8) is 0 Å². The summed E-state index contributed by atoms with van der Waals surface area (Å²) in [6.45, 7) is 0.207. The van der Waals surface area contributed by atoms with Crippen molar-refractivity contribution in [2.75, 3.05) is 13.2 Å². The fourth-order valence-electron chi connectivity index (χ4n) is 1.04. The predicted molar refractivity (Wildman–Crippen MR) is 56.6 cm³/mol. The summed E-state index contributed by atoms with van der Waals surface area (Å²) < 4.78 is 5.28. The summed E-state index contributed by atoms with van der Waals surface area (Å²) in [6.07, 6.45) is 0. The fraction of sp³-hybridized carbons (Fsp3) is 0.333. The molecule has 78 valence electrons. The van der Waals surface area contributed by atoms with E-state index >= 15 is 0 Å². The zero-order valence-corrected chi connectivity index (χ0v) is 8.92. The van der Waals surface area contributed by atoms with Gasteiger partial charge in [-0.3, -0.25) is 0 Å². The summed E-state index contributed by atoms with van der Waals surface area (Å²) in [5, 5.41) is 8.61. The van der Waals surface area contributed by atoms with Crippen LogP contribution in [0.2, 0.25) is 0 Å². The van der Waals surface area contributed by atoms with Crippen molar-refractivity contribution in [1.29, 1.82) is 0 Å². The Morgan fingerprint density at radius 3 is 2.79 bits per heavy atom. The van der Waals surface area contributed by atoms with Crippen LogP contribution < -0.4 is 9.57 Å². The summed E-state index contributed by atoms with van der Waals surface area (Å²) in [5.41, 5.74) is 0.240. The Kier molecular flexibility index (Phi) is 5.04. The Balaban J connectivity index is 2.79. The highest BCUT2D eigenvalue weighted by molar-refractivity contribution is 6.25. The lowest BCUT2D eigenvalue weighted by Crippen LogP contribution is -2.08. The summed E-state index contributed by atoms with van der Waals surface area (Å²) in [7, 11) is 0. The van der Waals surface area contributed by atoms with E-state index in [1.54, 1.807) is 12.1 Å². The third-order valence-electron chi connectivity index (χ3n) is 1.64. The van der Waals surface area contributed by atoms with Crippen LogP contribution in [0.1, 0.15) is 11.1 Å². The normalized spacial score (nSPS) is 12.5. The second kappa shape index (κ2) is 6.09. The minimum atomic E-state index is -0.508. The highest BCUT2D eigenvalue weighted by Gasteiger charge is 2.11. The molecule has 0 heterocycles. The molecule has 1 aromatic carbocycles. The Labute approximate surface area is 92.7 Å². The van der Waals surface area contributed by atoms with Gasteiger partial charge in [0.1, 0.15) is 17.9 Å². The van der Waals surface area contributed by atoms with Crippen LogP contribution in [-0.2, 0) is 0 Å². The number of aliphatic hydroxyl groups is 1. The topological polar surface area (TPSA) is 41.5 Å². The molecule has 1 aromatic rings. The number of aliphatic hydroxyl groups excluding tert-OH is 1. The average molecular weight is 236 g/mol. The number of nitrogens with one attached hydrogen (secondary N) is 1.